The summed E-state index contributed by atoms with van der Waals surface area (Å²) in [6.45, 7) is 2.76. The quantitative estimate of drug-likeness (QED) is 0.562. The number of unbranched alkanes of at least 4 members (excludes halogenated alkanes) is 8. The fourth-order valence-corrected chi connectivity index (χ4v) is 2.54. The fourth-order valence-electron chi connectivity index (χ4n) is 2.54. The molecule has 0 radical (unpaired) electrons. The van der Waals surface area contributed by atoms with Gasteiger partial charge in [-0.05, 0) is 6.42 Å². The minimum atomic E-state index is -1.32. The summed E-state index contributed by atoms with van der Waals surface area (Å²) in [7, 11) is 0. The Morgan fingerprint density at radius 2 is 1.71 bits per heavy atom. The highest BCUT2D eigenvalue weighted by atomic mass is 16.6. The molecule has 1 aliphatic rings. The van der Waals surface area contributed by atoms with Crippen LogP contribution in [0.2, 0.25) is 0 Å². The molecule has 0 aliphatic carbocycles. The molecule has 1 heterocycles. The van der Waals surface area contributed by atoms with Gasteiger partial charge in [-0.15, -0.1) is 0 Å². The van der Waals surface area contributed by atoms with E-state index in [0.29, 0.717) is 13.0 Å². The highest BCUT2D eigenvalue weighted by Crippen LogP contribution is 2.13. The van der Waals surface area contributed by atoms with Crippen LogP contribution in [0.25, 0.3) is 0 Å². The molecule has 0 unspecified atom stereocenters. The topological polar surface area (TPSA) is 66.8 Å². The normalized spacial score (nSPS) is 16.1. The van der Waals surface area contributed by atoms with Crippen LogP contribution in [-0.2, 0) is 9.53 Å². The molecule has 1 amide bonds. The van der Waals surface area contributed by atoms with E-state index in [1.165, 1.54) is 38.5 Å². The zero-order valence-corrected chi connectivity index (χ0v) is 13.2. The van der Waals surface area contributed by atoms with E-state index in [9.17, 15) is 14.7 Å². The lowest BCUT2D eigenvalue weighted by atomic mass is 10.1. The van der Waals surface area contributed by atoms with E-state index in [-0.39, 0.29) is 12.4 Å². The third-order valence-corrected chi connectivity index (χ3v) is 3.90. The standard InChI is InChI=1S/C16H29NO4/c1-2-3-4-5-6-7-8-9-10-11-14(18)15(19)17-12-13-21-16(17)20/h15,19H,2-13H2,1H3/t15-/m1/s1. The Morgan fingerprint density at radius 1 is 1.14 bits per heavy atom. The summed E-state index contributed by atoms with van der Waals surface area (Å²) in [5.74, 6) is -0.281. The van der Waals surface area contributed by atoms with Gasteiger partial charge in [0.15, 0.2) is 12.0 Å². The van der Waals surface area contributed by atoms with Crippen molar-refractivity contribution in [1.29, 1.82) is 0 Å². The summed E-state index contributed by atoms with van der Waals surface area (Å²) in [5, 5.41) is 9.79. The van der Waals surface area contributed by atoms with Gasteiger partial charge in [-0.1, -0.05) is 58.3 Å². The van der Waals surface area contributed by atoms with Gasteiger partial charge in [-0.25, -0.2) is 4.79 Å². The van der Waals surface area contributed by atoms with Crippen molar-refractivity contribution in [1.82, 2.24) is 4.90 Å². The summed E-state index contributed by atoms with van der Waals surface area (Å²) in [6, 6.07) is 0. The zero-order chi connectivity index (χ0) is 15.5. The van der Waals surface area contributed by atoms with E-state index in [1.54, 1.807) is 0 Å². The van der Waals surface area contributed by atoms with Crippen molar-refractivity contribution in [2.45, 2.75) is 77.4 Å². The Kier molecular flexibility index (Phi) is 9.06. The summed E-state index contributed by atoms with van der Waals surface area (Å²) in [5.41, 5.74) is 0. The average molecular weight is 299 g/mol. The molecule has 1 fully saturated rings. The molecule has 0 aromatic heterocycles. The molecule has 5 nitrogen and oxygen atoms in total. The van der Waals surface area contributed by atoms with Gasteiger partial charge in [0.05, 0.1) is 6.54 Å². The molecule has 1 atom stereocenters. The molecular weight excluding hydrogens is 270 g/mol. The number of ether oxygens (including phenoxy) is 1. The number of ketones is 1. The fraction of sp³-hybridized carbons (Fsp3) is 0.875. The van der Waals surface area contributed by atoms with Crippen LogP contribution in [0.3, 0.4) is 0 Å². The molecule has 122 valence electrons. The van der Waals surface area contributed by atoms with Crippen molar-refractivity contribution in [2.75, 3.05) is 13.2 Å². The maximum atomic E-state index is 11.8. The lowest BCUT2D eigenvalue weighted by Gasteiger charge is -2.18. The van der Waals surface area contributed by atoms with E-state index in [0.717, 1.165) is 24.2 Å². The van der Waals surface area contributed by atoms with Crippen molar-refractivity contribution in [3.63, 3.8) is 0 Å². The second-order valence-electron chi connectivity index (χ2n) is 5.73. The molecule has 0 bridgehead atoms. The summed E-state index contributed by atoms with van der Waals surface area (Å²) >= 11 is 0. The first-order valence-corrected chi connectivity index (χ1v) is 8.31. The number of carbonyl (C=O) groups excluding carboxylic acids is 2. The Hall–Kier alpha value is -1.10. The van der Waals surface area contributed by atoms with Gasteiger partial charge in [-0.3, -0.25) is 9.69 Å². The second kappa shape index (κ2) is 10.6. The summed E-state index contributed by atoms with van der Waals surface area (Å²) in [4.78, 5) is 24.1. The minimum absolute atomic E-state index is 0.251. The Balaban J connectivity index is 1.99. The van der Waals surface area contributed by atoms with Gasteiger partial charge in [0.2, 0.25) is 0 Å². The molecule has 1 N–H and O–H groups in total. The largest absolute Gasteiger partial charge is 0.447 e. The van der Waals surface area contributed by atoms with Crippen molar-refractivity contribution in [2.24, 2.45) is 0 Å². The van der Waals surface area contributed by atoms with Gasteiger partial charge >= 0.3 is 6.09 Å². The number of cyclic esters (lactones) is 1. The predicted octanol–water partition coefficient (Wildman–Crippen LogP) is 3.25. The van der Waals surface area contributed by atoms with Gasteiger partial charge in [0.1, 0.15) is 6.61 Å². The number of Topliss-reactive ketones (excluding diaryl/α,β-unsaturated/α-hetero) is 1. The Morgan fingerprint density at radius 3 is 2.24 bits per heavy atom. The lowest BCUT2D eigenvalue weighted by Crippen LogP contribution is -2.41. The molecule has 21 heavy (non-hydrogen) atoms. The highest BCUT2D eigenvalue weighted by Gasteiger charge is 2.32. The maximum Gasteiger partial charge on any atom is 0.412 e. The second-order valence-corrected chi connectivity index (χ2v) is 5.73. The number of rotatable bonds is 12. The predicted molar refractivity (Wildman–Crippen MR) is 80.9 cm³/mol. The monoisotopic (exact) mass is 299 g/mol. The number of nitrogens with zero attached hydrogens (tertiary/aromatic N) is 1. The molecule has 5 heteroatoms. The van der Waals surface area contributed by atoms with Crippen LogP contribution in [0, 0.1) is 0 Å². The smallest absolute Gasteiger partial charge is 0.412 e. The van der Waals surface area contributed by atoms with Crippen LogP contribution >= 0.6 is 0 Å². The van der Waals surface area contributed by atoms with Crippen molar-refractivity contribution < 1.29 is 19.4 Å². The van der Waals surface area contributed by atoms with Crippen molar-refractivity contribution in [3.05, 3.63) is 0 Å². The zero-order valence-electron chi connectivity index (χ0n) is 13.2. The average Bonchev–Trinajstić information content (AvgIpc) is 2.90. The van der Waals surface area contributed by atoms with Gasteiger partial charge in [0, 0.05) is 6.42 Å². The van der Waals surface area contributed by atoms with E-state index < -0.39 is 12.3 Å². The lowest BCUT2D eigenvalue weighted by molar-refractivity contribution is -0.134. The van der Waals surface area contributed by atoms with Gasteiger partial charge in [-0.2, -0.15) is 0 Å². The Bertz CT molecular complexity index is 319. The molecular formula is C16H29NO4. The number of carbonyl (C=O) groups is 2. The number of hydrogen-bond donors (Lipinski definition) is 1. The number of hydrogen-bond acceptors (Lipinski definition) is 4. The first-order valence-electron chi connectivity index (χ1n) is 8.31. The third-order valence-electron chi connectivity index (χ3n) is 3.90. The number of aliphatic hydroxyl groups excluding tert-OH is 1. The minimum Gasteiger partial charge on any atom is -0.447 e. The summed E-state index contributed by atoms with van der Waals surface area (Å²) < 4.78 is 4.71. The van der Waals surface area contributed by atoms with Crippen LogP contribution in [0.15, 0.2) is 0 Å². The summed E-state index contributed by atoms with van der Waals surface area (Å²) in [6.07, 6.45) is 9.08. The highest BCUT2D eigenvalue weighted by molar-refractivity contribution is 5.86. The molecule has 0 aromatic rings. The third kappa shape index (κ3) is 6.93. The number of amides is 1. The van der Waals surface area contributed by atoms with Crippen molar-refractivity contribution >= 4 is 11.9 Å². The van der Waals surface area contributed by atoms with Crippen LogP contribution in [-0.4, -0.2) is 41.3 Å². The molecule has 0 aromatic carbocycles. The van der Waals surface area contributed by atoms with E-state index >= 15 is 0 Å². The van der Waals surface area contributed by atoms with Crippen LogP contribution < -0.4 is 0 Å². The van der Waals surface area contributed by atoms with E-state index in [1.807, 2.05) is 0 Å². The van der Waals surface area contributed by atoms with Crippen LogP contribution in [0.1, 0.15) is 71.1 Å². The van der Waals surface area contributed by atoms with Gasteiger partial charge < -0.3 is 9.84 Å². The van der Waals surface area contributed by atoms with Gasteiger partial charge in [0.25, 0.3) is 0 Å². The first kappa shape index (κ1) is 18.0. The first-order chi connectivity index (χ1) is 10.2. The molecule has 1 aliphatic heterocycles. The Labute approximate surface area is 127 Å². The molecule has 0 spiro atoms. The van der Waals surface area contributed by atoms with Crippen molar-refractivity contribution in [3.8, 4) is 0 Å². The molecule has 0 saturated carbocycles. The van der Waals surface area contributed by atoms with Crippen LogP contribution in [0.5, 0.6) is 0 Å². The van der Waals surface area contributed by atoms with E-state index in [2.05, 4.69) is 6.92 Å². The SMILES string of the molecule is CCCCCCCCCCCC(=O)[C@@H](O)N1CCOC1=O. The van der Waals surface area contributed by atoms with Crippen LogP contribution in [0.4, 0.5) is 4.79 Å². The molecule has 1 saturated heterocycles. The number of aliphatic hydroxyl groups is 1. The molecule has 1 rings (SSSR count). The van der Waals surface area contributed by atoms with E-state index in [4.69, 9.17) is 4.74 Å². The maximum absolute atomic E-state index is 11.8.